The van der Waals surface area contributed by atoms with Gasteiger partial charge < -0.3 is 9.90 Å². The van der Waals surface area contributed by atoms with E-state index in [1.807, 2.05) is 83.1 Å². The molecule has 1 aromatic heterocycles. The first-order valence-electron chi connectivity index (χ1n) is 15.0. The van der Waals surface area contributed by atoms with Gasteiger partial charge in [0.05, 0.1) is 16.1 Å². The third-order valence-corrected chi connectivity index (χ3v) is 9.11. The molecule has 0 saturated carbocycles. The molecule has 1 atom stereocenters. The number of hydrogen-bond donors (Lipinski definition) is 2. The molecule has 3 aromatic carbocycles. The van der Waals surface area contributed by atoms with E-state index in [0.717, 1.165) is 34.9 Å². The number of nitrogens with zero attached hydrogens (tertiary/aromatic N) is 1. The Bertz CT molecular complexity index is 1590. The Morgan fingerprint density at radius 2 is 1.48 bits per heavy atom. The van der Waals surface area contributed by atoms with Crippen LogP contribution in [0, 0.1) is 13.8 Å². The number of benzene rings is 3. The van der Waals surface area contributed by atoms with Crippen LogP contribution in [0.3, 0.4) is 0 Å². The second-order valence-corrected chi connectivity index (χ2v) is 12.3. The van der Waals surface area contributed by atoms with E-state index in [9.17, 15) is 18.0 Å². The number of halogens is 2. The van der Waals surface area contributed by atoms with Gasteiger partial charge in [-0.2, -0.15) is 0 Å². The largest absolute Gasteiger partial charge is 0.400 e. The summed E-state index contributed by atoms with van der Waals surface area (Å²) >= 11 is 12.1. The van der Waals surface area contributed by atoms with E-state index in [4.69, 9.17) is 28.3 Å². The highest BCUT2D eigenvalue weighted by molar-refractivity contribution is 7.89. The zero-order valence-corrected chi connectivity index (χ0v) is 29.6. The van der Waals surface area contributed by atoms with Crippen LogP contribution in [-0.4, -0.2) is 43.7 Å². The normalized spacial score (nSPS) is 11.0. The van der Waals surface area contributed by atoms with Crippen molar-refractivity contribution in [3.8, 4) is 11.1 Å². The van der Waals surface area contributed by atoms with Crippen molar-refractivity contribution in [2.24, 2.45) is 0 Å². The number of aliphatic hydroxyl groups excluding tert-OH is 1. The minimum atomic E-state index is -4.10. The second kappa shape index (κ2) is 21.4. The van der Waals surface area contributed by atoms with E-state index in [2.05, 4.69) is 15.8 Å². The Kier molecular flexibility index (Phi) is 18.9. The summed E-state index contributed by atoms with van der Waals surface area (Å²) in [6.45, 7) is 9.95. The van der Waals surface area contributed by atoms with Crippen LogP contribution in [0.15, 0.2) is 90.1 Å². The molecule has 7 nitrogen and oxygen atoms in total. The molecule has 4 aromatic rings. The van der Waals surface area contributed by atoms with Gasteiger partial charge in [0.15, 0.2) is 0 Å². The number of carbonyl (C=O) groups excluding carboxylic acids is 2. The van der Waals surface area contributed by atoms with E-state index in [1.54, 1.807) is 18.5 Å². The van der Waals surface area contributed by atoms with Crippen molar-refractivity contribution >= 4 is 45.3 Å². The number of aldehydes is 1. The molecule has 0 aliphatic carbocycles. The molecule has 0 saturated heterocycles. The zero-order valence-electron chi connectivity index (χ0n) is 27.3. The molecule has 0 amide bonds. The van der Waals surface area contributed by atoms with E-state index >= 15 is 0 Å². The molecule has 4 rings (SSSR count). The number of sulfonamides is 1. The van der Waals surface area contributed by atoms with Gasteiger partial charge >= 0.3 is 0 Å². The minimum absolute atomic E-state index is 0.0180. The van der Waals surface area contributed by atoms with E-state index < -0.39 is 16.1 Å². The maximum atomic E-state index is 12.8. The summed E-state index contributed by atoms with van der Waals surface area (Å²) in [5.41, 5.74) is 6.36. The standard InChI is InChI=1S/C27H27Cl2NO4S.C6H7N.C2H6.CH4O/c1-3-24(32)14-13-21-16-22(10-7-18(21)2)20-11-8-19(9-12-20)15-23(17-31)30-35(33,34)27-25(28)5-4-6-26(27)29;1-6-2-4-7-5-3-6;2*1-2/h4-12,16-17,23,30H,3,13-15H2,1-2H3;2-5H,1H3;1-2H3;2H,1H3. The SMILES string of the molecule is CC.CCC(=O)CCc1cc(-c2ccc(CC(C=O)NS(=O)(=O)c3c(Cl)cccc3Cl)cc2)ccc1C.CO.Cc1ccncc1. The number of rotatable bonds is 11. The Morgan fingerprint density at radius 1 is 0.913 bits per heavy atom. The molecular weight excluding hydrogens is 643 g/mol. The molecule has 0 fully saturated rings. The number of carbonyl (C=O) groups is 2. The van der Waals surface area contributed by atoms with Crippen LogP contribution in [-0.2, 0) is 32.5 Å². The molecule has 0 aliphatic heterocycles. The monoisotopic (exact) mass is 686 g/mol. The van der Waals surface area contributed by atoms with Crippen molar-refractivity contribution in [2.45, 2.75) is 71.2 Å². The Hall–Kier alpha value is -3.40. The van der Waals surface area contributed by atoms with Gasteiger partial charge in [-0.05, 0) is 84.3 Å². The molecule has 46 heavy (non-hydrogen) atoms. The molecular formula is C36H44Cl2N2O5S. The van der Waals surface area contributed by atoms with Crippen molar-refractivity contribution in [3.05, 3.63) is 117 Å². The maximum Gasteiger partial charge on any atom is 0.244 e. The van der Waals surface area contributed by atoms with Crippen molar-refractivity contribution in [1.29, 1.82) is 0 Å². The predicted molar refractivity (Wildman–Crippen MR) is 189 cm³/mol. The lowest BCUT2D eigenvalue weighted by atomic mass is 9.95. The minimum Gasteiger partial charge on any atom is -0.400 e. The molecule has 0 bridgehead atoms. The first-order chi connectivity index (χ1) is 22.0. The third-order valence-electron chi connectivity index (χ3n) is 6.66. The van der Waals surface area contributed by atoms with Crippen LogP contribution in [0.5, 0.6) is 0 Å². The van der Waals surface area contributed by atoms with Crippen LogP contribution in [0.1, 0.15) is 55.9 Å². The summed E-state index contributed by atoms with van der Waals surface area (Å²) < 4.78 is 28.0. The number of Topliss-reactive ketones (excluding diaryl/α,β-unsaturated/α-hetero) is 1. The molecule has 248 valence electrons. The van der Waals surface area contributed by atoms with Gasteiger partial charge in [-0.15, -0.1) is 0 Å². The van der Waals surface area contributed by atoms with E-state index in [1.165, 1.54) is 17.7 Å². The van der Waals surface area contributed by atoms with Crippen molar-refractivity contribution in [1.82, 2.24) is 9.71 Å². The highest BCUT2D eigenvalue weighted by Crippen LogP contribution is 2.29. The highest BCUT2D eigenvalue weighted by Gasteiger charge is 2.25. The first kappa shape index (κ1) is 40.6. The second-order valence-electron chi connectivity index (χ2n) is 9.87. The number of pyridine rings is 1. The van der Waals surface area contributed by atoms with Crippen molar-refractivity contribution < 1.29 is 23.1 Å². The maximum absolute atomic E-state index is 12.8. The lowest BCUT2D eigenvalue weighted by Gasteiger charge is -2.15. The summed E-state index contributed by atoms with van der Waals surface area (Å²) in [5.74, 6) is 0.247. The van der Waals surface area contributed by atoms with Gasteiger partial charge in [-0.1, -0.05) is 92.5 Å². The number of hydrogen-bond acceptors (Lipinski definition) is 6. The van der Waals surface area contributed by atoms with Gasteiger partial charge in [0, 0.05) is 32.3 Å². The number of aromatic nitrogens is 1. The Balaban J connectivity index is 0.000000825. The van der Waals surface area contributed by atoms with E-state index in [0.29, 0.717) is 25.5 Å². The van der Waals surface area contributed by atoms with Crippen molar-refractivity contribution in [2.75, 3.05) is 7.11 Å². The van der Waals surface area contributed by atoms with Crippen LogP contribution < -0.4 is 4.72 Å². The smallest absolute Gasteiger partial charge is 0.244 e. The van der Waals surface area contributed by atoms with Crippen LogP contribution in [0.25, 0.3) is 11.1 Å². The lowest BCUT2D eigenvalue weighted by molar-refractivity contribution is -0.118. The molecule has 0 aliphatic rings. The van der Waals surface area contributed by atoms with Gasteiger partial charge in [-0.25, -0.2) is 13.1 Å². The first-order valence-corrected chi connectivity index (χ1v) is 17.2. The predicted octanol–water partition coefficient (Wildman–Crippen LogP) is 7.99. The zero-order chi connectivity index (χ0) is 34.7. The van der Waals surface area contributed by atoms with Crippen LogP contribution in [0.4, 0.5) is 0 Å². The number of nitrogens with one attached hydrogen (secondary N) is 1. The molecule has 10 heteroatoms. The summed E-state index contributed by atoms with van der Waals surface area (Å²) in [4.78, 5) is 27.0. The fourth-order valence-electron chi connectivity index (χ4n) is 4.20. The summed E-state index contributed by atoms with van der Waals surface area (Å²) in [6, 6.07) is 21.1. The van der Waals surface area contributed by atoms with Gasteiger partial charge in [0.2, 0.25) is 10.0 Å². The summed E-state index contributed by atoms with van der Waals surface area (Å²) in [5, 5.41) is 6.96. The van der Waals surface area contributed by atoms with Gasteiger partial charge in [0.25, 0.3) is 0 Å². The molecule has 1 unspecified atom stereocenters. The fraction of sp³-hybridized carbons (Fsp3) is 0.306. The van der Waals surface area contributed by atoms with Gasteiger partial charge in [-0.3, -0.25) is 9.78 Å². The van der Waals surface area contributed by atoms with Gasteiger partial charge in [0.1, 0.15) is 17.0 Å². The molecule has 1 heterocycles. The van der Waals surface area contributed by atoms with Crippen LogP contribution >= 0.6 is 23.2 Å². The fourth-order valence-corrected chi connectivity index (χ4v) is 6.51. The topological polar surface area (TPSA) is 113 Å². The molecule has 0 spiro atoms. The highest BCUT2D eigenvalue weighted by atomic mass is 35.5. The van der Waals surface area contributed by atoms with Crippen LogP contribution in [0.2, 0.25) is 10.0 Å². The Morgan fingerprint density at radius 3 is 1.98 bits per heavy atom. The van der Waals surface area contributed by atoms with Crippen molar-refractivity contribution in [3.63, 3.8) is 0 Å². The Labute approximate surface area is 284 Å². The number of aliphatic hydroxyl groups is 1. The molecule has 0 radical (unpaired) electrons. The average Bonchev–Trinajstić information content (AvgIpc) is 3.06. The summed E-state index contributed by atoms with van der Waals surface area (Å²) in [6.07, 6.45) is 6.08. The number of ketones is 1. The summed E-state index contributed by atoms with van der Waals surface area (Å²) in [7, 11) is -3.10. The third kappa shape index (κ3) is 13.1. The lowest BCUT2D eigenvalue weighted by Crippen LogP contribution is -2.37. The molecule has 2 N–H and O–H groups in total. The number of aryl methyl sites for hydroxylation is 3. The average molecular weight is 688 g/mol. The quantitative estimate of drug-likeness (QED) is 0.155. The van der Waals surface area contributed by atoms with E-state index in [-0.39, 0.29) is 27.1 Å².